The van der Waals surface area contributed by atoms with Gasteiger partial charge in [0, 0.05) is 24.4 Å². The van der Waals surface area contributed by atoms with Crippen LogP contribution in [-0.2, 0) is 16.0 Å². The van der Waals surface area contributed by atoms with Gasteiger partial charge < -0.3 is 19.9 Å². The van der Waals surface area contributed by atoms with Gasteiger partial charge in [-0.1, -0.05) is 23.4 Å². The lowest BCUT2D eigenvalue weighted by molar-refractivity contribution is -0.117. The third-order valence-electron chi connectivity index (χ3n) is 5.94. The number of amides is 1. The predicted molar refractivity (Wildman–Crippen MR) is 114 cm³/mol. The molecule has 0 atom stereocenters. The van der Waals surface area contributed by atoms with E-state index in [0.29, 0.717) is 36.5 Å². The second kappa shape index (κ2) is 7.05. The van der Waals surface area contributed by atoms with Crippen molar-refractivity contribution in [2.75, 3.05) is 31.2 Å². The fraction of sp³-hybridized carbons (Fsp3) is 0.364. The van der Waals surface area contributed by atoms with E-state index in [1.807, 2.05) is 30.3 Å². The molecule has 1 amide bonds. The summed E-state index contributed by atoms with van der Waals surface area (Å²) < 4.78 is 13.2. The van der Waals surface area contributed by atoms with Gasteiger partial charge in [0.15, 0.2) is 0 Å². The van der Waals surface area contributed by atoms with E-state index >= 15 is 0 Å². The number of ether oxygens (including phenoxy) is 1. The van der Waals surface area contributed by atoms with E-state index in [1.54, 1.807) is 0 Å². The van der Waals surface area contributed by atoms with Crippen LogP contribution >= 0.6 is 0 Å². The van der Waals surface area contributed by atoms with Crippen molar-refractivity contribution >= 4 is 28.3 Å². The van der Waals surface area contributed by atoms with Gasteiger partial charge >= 0.3 is 0 Å². The molecule has 1 aromatic carbocycles. The number of imidazole rings is 1. The number of para-hydroxylation sites is 1. The molecule has 1 aliphatic carbocycles. The number of carbonyl (C=O) groups is 1. The maximum atomic E-state index is 11.8. The maximum absolute atomic E-state index is 11.8. The van der Waals surface area contributed by atoms with E-state index in [-0.39, 0.29) is 12.3 Å². The molecule has 1 saturated carbocycles. The quantitative estimate of drug-likeness (QED) is 0.529. The number of aromatic nitrogens is 4. The first kappa shape index (κ1) is 18.3. The van der Waals surface area contributed by atoms with Crippen LogP contribution in [0.15, 0.2) is 34.9 Å². The first-order valence-corrected chi connectivity index (χ1v) is 10.6. The van der Waals surface area contributed by atoms with Crippen LogP contribution < -0.4 is 10.6 Å². The predicted octanol–water partition coefficient (Wildman–Crippen LogP) is 2.28. The van der Waals surface area contributed by atoms with Crippen LogP contribution in [0.25, 0.3) is 27.9 Å². The van der Waals surface area contributed by atoms with Crippen molar-refractivity contribution < 1.29 is 14.1 Å². The highest BCUT2D eigenvalue weighted by Crippen LogP contribution is 2.40. The molecule has 2 fully saturated rings. The second-order valence-electron chi connectivity index (χ2n) is 8.14. The Labute approximate surface area is 177 Å². The number of nitrogens with two attached hydrogens (primary N) is 1. The number of fused-ring (bicyclic) bond motifs is 3. The Balaban J connectivity index is 1.63. The van der Waals surface area contributed by atoms with Crippen molar-refractivity contribution in [1.82, 2.24) is 19.5 Å². The minimum absolute atomic E-state index is 0.147. The zero-order valence-corrected chi connectivity index (χ0v) is 17.0. The molecular formula is C22H22N6O3. The van der Waals surface area contributed by atoms with E-state index in [9.17, 15) is 4.79 Å². The van der Waals surface area contributed by atoms with Crippen LogP contribution in [0.1, 0.15) is 30.2 Å². The zero-order valence-electron chi connectivity index (χ0n) is 17.0. The first-order valence-electron chi connectivity index (χ1n) is 10.6. The molecule has 31 heavy (non-hydrogen) atoms. The minimum atomic E-state index is -0.375. The van der Waals surface area contributed by atoms with Crippen molar-refractivity contribution in [2.24, 2.45) is 5.73 Å². The third-order valence-corrected chi connectivity index (χ3v) is 5.94. The summed E-state index contributed by atoms with van der Waals surface area (Å²) in [5.74, 6) is 1.94. The van der Waals surface area contributed by atoms with Crippen molar-refractivity contribution in [1.29, 1.82) is 0 Å². The number of primary amides is 1. The molecule has 0 radical (unpaired) electrons. The SMILES string of the molecule is NC(=O)Cc1cc2c(-c3noc(C4CC4)n3)nc(N3CCOCC3)n2c2ccccc12. The molecule has 158 valence electrons. The summed E-state index contributed by atoms with van der Waals surface area (Å²) in [4.78, 5) is 23.6. The lowest BCUT2D eigenvalue weighted by Gasteiger charge is -2.27. The van der Waals surface area contributed by atoms with E-state index in [4.69, 9.17) is 20.0 Å². The van der Waals surface area contributed by atoms with Gasteiger partial charge in [-0.15, -0.1) is 0 Å². The van der Waals surface area contributed by atoms with Crippen molar-refractivity contribution in [3.8, 4) is 11.5 Å². The largest absolute Gasteiger partial charge is 0.378 e. The van der Waals surface area contributed by atoms with Crippen LogP contribution in [0, 0.1) is 0 Å². The van der Waals surface area contributed by atoms with Gasteiger partial charge in [0.1, 0.15) is 5.69 Å². The highest BCUT2D eigenvalue weighted by Gasteiger charge is 2.31. The fourth-order valence-corrected chi connectivity index (χ4v) is 4.28. The van der Waals surface area contributed by atoms with Gasteiger partial charge in [0.2, 0.25) is 23.6 Å². The van der Waals surface area contributed by atoms with Crippen molar-refractivity contribution in [3.63, 3.8) is 0 Å². The Morgan fingerprint density at radius 2 is 1.94 bits per heavy atom. The third kappa shape index (κ3) is 3.12. The van der Waals surface area contributed by atoms with Crippen LogP contribution in [0.2, 0.25) is 0 Å². The Hall–Kier alpha value is -3.46. The number of morpholine rings is 1. The summed E-state index contributed by atoms with van der Waals surface area (Å²) in [5.41, 5.74) is 8.85. The van der Waals surface area contributed by atoms with Crippen LogP contribution in [0.5, 0.6) is 0 Å². The molecule has 2 N–H and O–H groups in total. The fourth-order valence-electron chi connectivity index (χ4n) is 4.28. The molecule has 6 rings (SSSR count). The highest BCUT2D eigenvalue weighted by atomic mass is 16.5. The highest BCUT2D eigenvalue weighted by molar-refractivity contribution is 5.94. The molecule has 1 aliphatic heterocycles. The summed E-state index contributed by atoms with van der Waals surface area (Å²) in [6.07, 6.45) is 2.31. The number of benzene rings is 1. The number of hydrogen-bond acceptors (Lipinski definition) is 7. The van der Waals surface area contributed by atoms with E-state index in [0.717, 1.165) is 53.9 Å². The summed E-state index contributed by atoms with van der Waals surface area (Å²) >= 11 is 0. The zero-order chi connectivity index (χ0) is 20.9. The number of nitrogens with zero attached hydrogens (tertiary/aromatic N) is 5. The van der Waals surface area contributed by atoms with Crippen LogP contribution in [0.4, 0.5) is 5.95 Å². The van der Waals surface area contributed by atoms with Gasteiger partial charge in [-0.3, -0.25) is 9.20 Å². The smallest absolute Gasteiger partial charge is 0.230 e. The van der Waals surface area contributed by atoms with Gasteiger partial charge in [-0.2, -0.15) is 4.98 Å². The van der Waals surface area contributed by atoms with E-state index in [2.05, 4.69) is 19.4 Å². The average Bonchev–Trinajstić information content (AvgIpc) is 3.39. The topological polar surface area (TPSA) is 112 Å². The Kier molecular flexibility index (Phi) is 4.17. The second-order valence-corrected chi connectivity index (χ2v) is 8.14. The van der Waals surface area contributed by atoms with Gasteiger partial charge in [-0.25, -0.2) is 4.98 Å². The molecule has 1 saturated heterocycles. The molecule has 9 nitrogen and oxygen atoms in total. The minimum Gasteiger partial charge on any atom is -0.378 e. The molecule has 0 spiro atoms. The first-order chi connectivity index (χ1) is 15.2. The van der Waals surface area contributed by atoms with Gasteiger partial charge in [0.25, 0.3) is 0 Å². The Morgan fingerprint density at radius 1 is 1.13 bits per heavy atom. The number of pyridine rings is 1. The lowest BCUT2D eigenvalue weighted by atomic mass is 10.0. The maximum Gasteiger partial charge on any atom is 0.230 e. The van der Waals surface area contributed by atoms with Crippen LogP contribution in [-0.4, -0.2) is 51.7 Å². The summed E-state index contributed by atoms with van der Waals surface area (Å²) in [7, 11) is 0. The van der Waals surface area contributed by atoms with Gasteiger partial charge in [0.05, 0.1) is 30.7 Å². The summed E-state index contributed by atoms with van der Waals surface area (Å²) in [6, 6.07) is 9.97. The number of hydrogen-bond donors (Lipinski definition) is 1. The van der Waals surface area contributed by atoms with Crippen molar-refractivity contribution in [2.45, 2.75) is 25.2 Å². The molecule has 3 aromatic heterocycles. The number of rotatable bonds is 5. The molecule has 2 aliphatic rings. The standard InChI is InChI=1S/C22H22N6O3/c23-18(29)12-14-11-17-19(20-25-21(31-26-20)13-5-6-13)24-22(27-7-9-30-10-8-27)28(17)16-4-2-1-3-15(14)16/h1-4,11,13H,5-10,12H2,(H2,23,29). The lowest BCUT2D eigenvalue weighted by Crippen LogP contribution is -2.37. The number of carbonyl (C=O) groups excluding carboxylic acids is 1. The monoisotopic (exact) mass is 418 g/mol. The normalized spacial score (nSPS) is 17.0. The van der Waals surface area contributed by atoms with Gasteiger partial charge in [-0.05, 0) is 30.5 Å². The molecule has 9 heteroatoms. The number of anilines is 1. The van der Waals surface area contributed by atoms with Crippen LogP contribution in [0.3, 0.4) is 0 Å². The van der Waals surface area contributed by atoms with Crippen molar-refractivity contribution in [3.05, 3.63) is 41.8 Å². The Morgan fingerprint density at radius 3 is 2.71 bits per heavy atom. The summed E-state index contributed by atoms with van der Waals surface area (Å²) in [6.45, 7) is 2.79. The molecular weight excluding hydrogens is 396 g/mol. The molecule has 0 unspecified atom stereocenters. The molecule has 4 aromatic rings. The summed E-state index contributed by atoms with van der Waals surface area (Å²) in [5, 5.41) is 5.20. The molecule has 4 heterocycles. The Bertz CT molecular complexity index is 1300. The van der Waals surface area contributed by atoms with E-state index < -0.39 is 0 Å². The molecule has 0 bridgehead atoms. The average molecular weight is 418 g/mol. The van der Waals surface area contributed by atoms with E-state index in [1.165, 1.54) is 0 Å².